The van der Waals surface area contributed by atoms with E-state index in [9.17, 15) is 28.4 Å². The van der Waals surface area contributed by atoms with Gasteiger partial charge in [0.1, 0.15) is 17.2 Å². The lowest BCUT2D eigenvalue weighted by Gasteiger charge is -2.19. The molecule has 4 aromatic rings. The number of hydrogen-bond acceptors (Lipinski definition) is 7. The average molecular weight is 645 g/mol. The summed E-state index contributed by atoms with van der Waals surface area (Å²) in [7, 11) is 0. The summed E-state index contributed by atoms with van der Waals surface area (Å²) < 4.78 is 23.0. The summed E-state index contributed by atoms with van der Waals surface area (Å²) in [6.45, 7) is 6.60. The Kier molecular flexibility index (Phi) is 12.1. The number of carbonyl (C=O) groups excluding carboxylic acids is 4. The average Bonchev–Trinajstić information content (AvgIpc) is 2.98. The minimum atomic E-state index is -1.16. The normalized spacial score (nSPS) is 10.3. The number of ether oxygens (including phenoxy) is 2. The number of hydrogen-bond donors (Lipinski definition) is 5. The zero-order chi connectivity index (χ0) is 34.6. The number of carboxylic acid groups (broad SMARTS) is 1. The molecule has 0 fully saturated rings. The molecule has 0 saturated heterocycles. The Hall–Kier alpha value is -6.24. The van der Waals surface area contributed by atoms with Crippen molar-refractivity contribution < 1.29 is 42.9 Å². The van der Waals surface area contributed by atoms with E-state index in [0.29, 0.717) is 28.3 Å². The SMILES string of the molecule is CC(=O)Oc1ccccc1C(=O)Nc1ccc(NC(=O)OC(C)(C)C)cc1.O=C(O)Nc1ccc(NC(=O)c2ccc(F)cc2)cc1. The Morgan fingerprint density at radius 3 is 1.60 bits per heavy atom. The van der Waals surface area contributed by atoms with E-state index in [1.165, 1.54) is 43.3 Å². The highest BCUT2D eigenvalue weighted by molar-refractivity contribution is 6.06. The Balaban J connectivity index is 0.000000267. The van der Waals surface area contributed by atoms with Crippen molar-refractivity contribution in [1.82, 2.24) is 0 Å². The van der Waals surface area contributed by atoms with E-state index >= 15 is 0 Å². The molecule has 0 heterocycles. The Morgan fingerprint density at radius 2 is 1.11 bits per heavy atom. The van der Waals surface area contributed by atoms with Gasteiger partial charge in [-0.1, -0.05) is 12.1 Å². The quantitative estimate of drug-likeness (QED) is 0.102. The van der Waals surface area contributed by atoms with Crippen LogP contribution in [0, 0.1) is 5.82 Å². The topological polar surface area (TPSA) is 172 Å². The fourth-order valence-electron chi connectivity index (χ4n) is 3.72. The van der Waals surface area contributed by atoms with Crippen LogP contribution in [0.5, 0.6) is 5.75 Å². The fourth-order valence-corrected chi connectivity index (χ4v) is 3.72. The minimum Gasteiger partial charge on any atom is -0.465 e. The first-order valence-corrected chi connectivity index (χ1v) is 14.0. The van der Waals surface area contributed by atoms with E-state index in [4.69, 9.17) is 14.6 Å². The number of benzene rings is 4. The van der Waals surface area contributed by atoms with Gasteiger partial charge in [-0.3, -0.25) is 25.0 Å². The molecule has 4 amide bonds. The van der Waals surface area contributed by atoms with E-state index in [1.54, 1.807) is 81.4 Å². The third kappa shape index (κ3) is 12.3. The van der Waals surface area contributed by atoms with Crippen molar-refractivity contribution in [3.63, 3.8) is 0 Å². The Bertz CT molecular complexity index is 1720. The molecule has 0 aliphatic rings. The molecule has 0 aliphatic carbocycles. The molecule has 0 unspecified atom stereocenters. The van der Waals surface area contributed by atoms with E-state index in [1.807, 2.05) is 0 Å². The molecule has 4 aromatic carbocycles. The minimum absolute atomic E-state index is 0.186. The number of carbonyl (C=O) groups is 5. The number of anilines is 4. The monoisotopic (exact) mass is 644 g/mol. The van der Waals surface area contributed by atoms with Gasteiger partial charge in [-0.25, -0.2) is 14.0 Å². The molecule has 13 heteroatoms. The summed E-state index contributed by atoms with van der Waals surface area (Å²) in [4.78, 5) is 57.6. The van der Waals surface area contributed by atoms with Gasteiger partial charge in [0.2, 0.25) is 0 Å². The summed E-state index contributed by atoms with van der Waals surface area (Å²) >= 11 is 0. The van der Waals surface area contributed by atoms with Gasteiger partial charge < -0.3 is 25.2 Å². The molecule has 5 N–H and O–H groups in total. The lowest BCUT2D eigenvalue weighted by atomic mass is 10.2. The summed E-state index contributed by atoms with van der Waals surface area (Å²) in [6.07, 6.45) is -1.72. The molecular weight excluding hydrogens is 611 g/mol. The molecule has 0 radical (unpaired) electrons. The lowest BCUT2D eigenvalue weighted by molar-refractivity contribution is -0.131. The molecule has 47 heavy (non-hydrogen) atoms. The maximum absolute atomic E-state index is 12.7. The van der Waals surface area contributed by atoms with Crippen molar-refractivity contribution in [2.24, 2.45) is 0 Å². The van der Waals surface area contributed by atoms with Crippen LogP contribution in [0.4, 0.5) is 36.7 Å². The highest BCUT2D eigenvalue weighted by Gasteiger charge is 2.17. The van der Waals surface area contributed by atoms with Crippen LogP contribution in [0.15, 0.2) is 97.1 Å². The van der Waals surface area contributed by atoms with Gasteiger partial charge in [-0.15, -0.1) is 0 Å². The van der Waals surface area contributed by atoms with Crippen molar-refractivity contribution >= 4 is 52.7 Å². The molecular formula is C34H33FN4O8. The smallest absolute Gasteiger partial charge is 0.412 e. The van der Waals surface area contributed by atoms with Gasteiger partial charge in [-0.05, 0) is 106 Å². The van der Waals surface area contributed by atoms with Crippen LogP contribution in [0.25, 0.3) is 0 Å². The predicted molar refractivity (Wildman–Crippen MR) is 174 cm³/mol. The van der Waals surface area contributed by atoms with Crippen LogP contribution in [-0.4, -0.2) is 40.7 Å². The van der Waals surface area contributed by atoms with Crippen LogP contribution < -0.4 is 26.0 Å². The van der Waals surface area contributed by atoms with Gasteiger partial charge in [0.25, 0.3) is 11.8 Å². The number of para-hydroxylation sites is 1. The second-order valence-corrected chi connectivity index (χ2v) is 10.7. The highest BCUT2D eigenvalue weighted by Crippen LogP contribution is 2.21. The van der Waals surface area contributed by atoms with Gasteiger partial charge in [-0.2, -0.15) is 0 Å². The van der Waals surface area contributed by atoms with E-state index < -0.39 is 35.5 Å². The predicted octanol–water partition coefficient (Wildman–Crippen LogP) is 7.38. The molecule has 0 saturated carbocycles. The molecule has 12 nitrogen and oxygen atoms in total. The third-order valence-corrected chi connectivity index (χ3v) is 5.67. The molecule has 0 atom stereocenters. The van der Waals surface area contributed by atoms with Crippen LogP contribution >= 0.6 is 0 Å². The van der Waals surface area contributed by atoms with Crippen molar-refractivity contribution in [3.05, 3.63) is 114 Å². The second kappa shape index (κ2) is 16.2. The van der Waals surface area contributed by atoms with Gasteiger partial charge in [0, 0.05) is 35.2 Å². The van der Waals surface area contributed by atoms with Gasteiger partial charge >= 0.3 is 18.2 Å². The van der Waals surface area contributed by atoms with Crippen LogP contribution in [0.1, 0.15) is 48.4 Å². The fraction of sp³-hybridized carbons (Fsp3) is 0.147. The van der Waals surface area contributed by atoms with Gasteiger partial charge in [0.15, 0.2) is 0 Å². The molecule has 0 bridgehead atoms. The maximum Gasteiger partial charge on any atom is 0.412 e. The number of amides is 4. The summed E-state index contributed by atoms with van der Waals surface area (Å²) in [5.74, 6) is -1.52. The third-order valence-electron chi connectivity index (χ3n) is 5.67. The largest absolute Gasteiger partial charge is 0.465 e. The van der Waals surface area contributed by atoms with E-state index in [-0.39, 0.29) is 17.2 Å². The van der Waals surface area contributed by atoms with Gasteiger partial charge in [0.05, 0.1) is 5.56 Å². The summed E-state index contributed by atoms with van der Waals surface area (Å²) in [5.41, 5.74) is 1.94. The number of rotatable bonds is 7. The Labute approximate surface area is 269 Å². The highest BCUT2D eigenvalue weighted by atomic mass is 19.1. The van der Waals surface area contributed by atoms with Crippen molar-refractivity contribution in [2.45, 2.75) is 33.3 Å². The van der Waals surface area contributed by atoms with Crippen molar-refractivity contribution in [2.75, 3.05) is 21.3 Å². The molecule has 0 spiro atoms. The Morgan fingerprint density at radius 1 is 0.638 bits per heavy atom. The molecule has 4 rings (SSSR count). The number of halogens is 1. The second-order valence-electron chi connectivity index (χ2n) is 10.7. The van der Waals surface area contributed by atoms with Crippen molar-refractivity contribution in [3.8, 4) is 5.75 Å². The van der Waals surface area contributed by atoms with Crippen LogP contribution in [-0.2, 0) is 9.53 Å². The first-order valence-electron chi connectivity index (χ1n) is 14.0. The molecule has 244 valence electrons. The summed E-state index contributed by atoms with van der Waals surface area (Å²) in [5, 5.41) is 18.7. The first-order chi connectivity index (χ1) is 22.2. The van der Waals surface area contributed by atoms with Crippen molar-refractivity contribution in [1.29, 1.82) is 0 Å². The molecule has 0 aliphatic heterocycles. The molecule has 0 aromatic heterocycles. The number of nitrogens with one attached hydrogen (secondary N) is 4. The van der Waals surface area contributed by atoms with E-state index in [0.717, 1.165) is 0 Å². The van der Waals surface area contributed by atoms with Crippen LogP contribution in [0.3, 0.4) is 0 Å². The maximum atomic E-state index is 12.7. The standard InChI is InChI=1S/C20H22N2O5.C14H11FN2O3/c1-13(23)26-17-8-6-5-7-16(17)18(24)21-14-9-11-15(12-10-14)22-19(25)27-20(2,3)4;15-10-3-1-9(2-4-10)13(18)16-11-5-7-12(8-6-11)17-14(19)20/h5-12H,1-4H3,(H,21,24)(H,22,25);1-8,17H,(H,16,18)(H,19,20). The zero-order valence-corrected chi connectivity index (χ0v) is 25.9. The van der Waals surface area contributed by atoms with E-state index in [2.05, 4.69) is 21.3 Å². The first kappa shape index (κ1) is 35.2. The summed E-state index contributed by atoms with van der Waals surface area (Å²) in [6, 6.07) is 24.3. The number of esters is 1. The van der Waals surface area contributed by atoms with Crippen LogP contribution in [0.2, 0.25) is 0 Å². The lowest BCUT2D eigenvalue weighted by Crippen LogP contribution is -2.27. The zero-order valence-electron chi connectivity index (χ0n) is 25.9.